The number of hydrogen-bond acceptors (Lipinski definition) is 5. The minimum absolute atomic E-state index is 0.0320. The number of benzene rings is 2. The summed E-state index contributed by atoms with van der Waals surface area (Å²) in [7, 11) is 1.46. The average molecular weight is 419 g/mol. The summed E-state index contributed by atoms with van der Waals surface area (Å²) in [4.78, 5) is 24.5. The highest BCUT2D eigenvalue weighted by Gasteiger charge is 2.22. The monoisotopic (exact) mass is 419 g/mol. The van der Waals surface area contributed by atoms with Crippen molar-refractivity contribution in [2.45, 2.75) is 31.8 Å². The van der Waals surface area contributed by atoms with E-state index in [2.05, 4.69) is 25.4 Å². The number of rotatable bonds is 6. The van der Waals surface area contributed by atoms with Crippen molar-refractivity contribution < 1.29 is 14.3 Å². The van der Waals surface area contributed by atoms with Crippen molar-refractivity contribution >= 4 is 17.5 Å². The van der Waals surface area contributed by atoms with Crippen molar-refractivity contribution in [2.24, 2.45) is 0 Å². The molecular formula is C23H25N5O3. The van der Waals surface area contributed by atoms with Gasteiger partial charge in [0.15, 0.2) is 5.82 Å². The molecule has 2 aromatic carbocycles. The number of anilines is 1. The smallest absolute Gasteiger partial charge is 0.251 e. The number of nitrogens with zero attached hydrogens (tertiary/aromatic N) is 3. The largest absolute Gasteiger partial charge is 0.375 e. The van der Waals surface area contributed by atoms with Gasteiger partial charge in [-0.3, -0.25) is 9.59 Å². The van der Waals surface area contributed by atoms with E-state index < -0.39 is 0 Å². The molecule has 0 fully saturated rings. The summed E-state index contributed by atoms with van der Waals surface area (Å²) in [6, 6.07) is 16.9. The Balaban J connectivity index is 1.40. The van der Waals surface area contributed by atoms with Crippen LogP contribution >= 0.6 is 0 Å². The molecule has 3 aromatic rings. The third-order valence-corrected chi connectivity index (χ3v) is 5.30. The van der Waals surface area contributed by atoms with Gasteiger partial charge in [-0.05, 0) is 31.0 Å². The molecule has 0 spiro atoms. The van der Waals surface area contributed by atoms with E-state index in [-0.39, 0.29) is 24.5 Å². The van der Waals surface area contributed by atoms with Crippen molar-refractivity contribution in [1.29, 1.82) is 0 Å². The van der Waals surface area contributed by atoms with Crippen LogP contribution in [0.5, 0.6) is 0 Å². The molecule has 1 aromatic heterocycles. The summed E-state index contributed by atoms with van der Waals surface area (Å²) in [6.45, 7) is 0.706. The fourth-order valence-electron chi connectivity index (χ4n) is 3.77. The molecule has 2 amide bonds. The highest BCUT2D eigenvalue weighted by Crippen LogP contribution is 2.23. The van der Waals surface area contributed by atoms with E-state index in [4.69, 9.17) is 4.74 Å². The lowest BCUT2D eigenvalue weighted by Crippen LogP contribution is -2.35. The van der Waals surface area contributed by atoms with Gasteiger partial charge in [-0.1, -0.05) is 36.4 Å². The van der Waals surface area contributed by atoms with Crippen molar-refractivity contribution in [2.75, 3.05) is 19.0 Å². The van der Waals surface area contributed by atoms with Crippen molar-refractivity contribution in [3.8, 4) is 11.4 Å². The molecule has 1 unspecified atom stereocenters. The molecular weight excluding hydrogens is 394 g/mol. The van der Waals surface area contributed by atoms with Crippen LogP contribution in [0.3, 0.4) is 0 Å². The lowest BCUT2D eigenvalue weighted by Gasteiger charge is -2.16. The fraction of sp³-hybridized carbons (Fsp3) is 0.304. The summed E-state index contributed by atoms with van der Waals surface area (Å²) in [5.74, 6) is 1.38. The fourth-order valence-corrected chi connectivity index (χ4v) is 3.77. The van der Waals surface area contributed by atoms with Crippen LogP contribution in [0.4, 0.5) is 5.69 Å². The highest BCUT2D eigenvalue weighted by atomic mass is 16.5. The van der Waals surface area contributed by atoms with Crippen LogP contribution < -0.4 is 10.6 Å². The molecule has 4 rings (SSSR count). The predicted molar refractivity (Wildman–Crippen MR) is 117 cm³/mol. The maximum Gasteiger partial charge on any atom is 0.251 e. The second-order valence-corrected chi connectivity index (χ2v) is 7.52. The Bertz CT molecular complexity index is 1060. The van der Waals surface area contributed by atoms with E-state index in [0.717, 1.165) is 43.0 Å². The summed E-state index contributed by atoms with van der Waals surface area (Å²) in [5, 5.41) is 14.6. The van der Waals surface area contributed by atoms with Gasteiger partial charge in [0, 0.05) is 42.9 Å². The topological polar surface area (TPSA) is 98.1 Å². The van der Waals surface area contributed by atoms with Gasteiger partial charge in [0.2, 0.25) is 5.91 Å². The Morgan fingerprint density at radius 2 is 1.94 bits per heavy atom. The molecule has 0 saturated carbocycles. The van der Waals surface area contributed by atoms with Crippen LogP contribution in [-0.4, -0.2) is 46.3 Å². The Hall–Kier alpha value is -3.52. The number of carbonyl (C=O) groups is 2. The molecule has 0 saturated heterocycles. The van der Waals surface area contributed by atoms with Gasteiger partial charge in [-0.15, -0.1) is 10.2 Å². The van der Waals surface area contributed by atoms with E-state index in [9.17, 15) is 9.59 Å². The summed E-state index contributed by atoms with van der Waals surface area (Å²) >= 11 is 0. The third kappa shape index (κ3) is 4.97. The minimum atomic E-state index is -0.263. The number of carbonyl (C=O) groups excluding carboxylic acids is 2. The first-order valence-electron chi connectivity index (χ1n) is 10.3. The Morgan fingerprint density at radius 1 is 1.10 bits per heavy atom. The first-order valence-corrected chi connectivity index (χ1v) is 10.3. The molecule has 0 aliphatic carbocycles. The second kappa shape index (κ2) is 9.53. The minimum Gasteiger partial charge on any atom is -0.375 e. The normalized spacial score (nSPS) is 15.6. The lowest BCUT2D eigenvalue weighted by molar-refractivity contribution is -0.119. The van der Waals surface area contributed by atoms with Gasteiger partial charge in [-0.2, -0.15) is 0 Å². The summed E-state index contributed by atoms with van der Waals surface area (Å²) < 4.78 is 6.97. The van der Waals surface area contributed by atoms with Crippen LogP contribution in [0.15, 0.2) is 54.6 Å². The Kier molecular flexibility index (Phi) is 6.37. The maximum atomic E-state index is 12.8. The van der Waals surface area contributed by atoms with Gasteiger partial charge in [0.05, 0.1) is 0 Å². The van der Waals surface area contributed by atoms with E-state index in [1.54, 1.807) is 24.3 Å². The molecule has 8 nitrogen and oxygen atoms in total. The molecule has 1 aliphatic heterocycles. The number of nitrogens with one attached hydrogen (secondary N) is 2. The van der Waals surface area contributed by atoms with Crippen LogP contribution in [0.2, 0.25) is 0 Å². The molecule has 160 valence electrons. The van der Waals surface area contributed by atoms with E-state index in [1.165, 1.54) is 7.11 Å². The number of amides is 2. The number of aromatic nitrogens is 3. The zero-order valence-electron chi connectivity index (χ0n) is 17.4. The van der Waals surface area contributed by atoms with Gasteiger partial charge < -0.3 is 19.9 Å². The molecule has 0 radical (unpaired) electrons. The molecule has 0 bridgehead atoms. The van der Waals surface area contributed by atoms with E-state index >= 15 is 0 Å². The van der Waals surface area contributed by atoms with Gasteiger partial charge in [-0.25, -0.2) is 0 Å². The van der Waals surface area contributed by atoms with Crippen molar-refractivity contribution in [3.05, 3.63) is 66.0 Å². The first kappa shape index (κ1) is 20.7. The zero-order valence-corrected chi connectivity index (χ0v) is 17.4. The summed E-state index contributed by atoms with van der Waals surface area (Å²) in [5.41, 5.74) is 2.11. The molecule has 2 N–H and O–H groups in total. The van der Waals surface area contributed by atoms with Crippen molar-refractivity contribution in [1.82, 2.24) is 20.1 Å². The number of ether oxygens (including phenoxy) is 1. The molecule has 8 heteroatoms. The molecule has 31 heavy (non-hydrogen) atoms. The average Bonchev–Trinajstić information content (AvgIpc) is 3.09. The summed E-state index contributed by atoms with van der Waals surface area (Å²) in [6.07, 6.45) is 2.34. The zero-order chi connectivity index (χ0) is 21.6. The quantitative estimate of drug-likeness (QED) is 0.640. The molecule has 1 aliphatic rings. The van der Waals surface area contributed by atoms with Crippen LogP contribution in [0.1, 0.15) is 29.0 Å². The second-order valence-electron chi connectivity index (χ2n) is 7.52. The van der Waals surface area contributed by atoms with E-state index in [0.29, 0.717) is 11.3 Å². The number of methoxy groups -OCH3 is 1. The Morgan fingerprint density at radius 3 is 2.74 bits per heavy atom. The van der Waals surface area contributed by atoms with Crippen LogP contribution in [0, 0.1) is 0 Å². The molecule has 2 heterocycles. The van der Waals surface area contributed by atoms with Crippen LogP contribution in [-0.2, 0) is 22.5 Å². The standard InChI is InChI=1S/C23H25N5O3/c1-31-15-21(29)24-19-9-5-8-17(14-19)23(30)25-18-10-11-20-26-27-22(28(20)13-12-18)16-6-3-2-4-7-16/h2-9,14,18H,10-13,15H2,1H3,(H,24,29)(H,25,30). The predicted octanol–water partition coefficient (Wildman–Crippen LogP) is 2.66. The van der Waals surface area contributed by atoms with Gasteiger partial charge >= 0.3 is 0 Å². The van der Waals surface area contributed by atoms with Gasteiger partial charge in [0.1, 0.15) is 12.4 Å². The maximum absolute atomic E-state index is 12.8. The third-order valence-electron chi connectivity index (χ3n) is 5.30. The molecule has 1 atom stereocenters. The number of hydrogen-bond donors (Lipinski definition) is 2. The SMILES string of the molecule is COCC(=O)Nc1cccc(C(=O)NC2CCc3nnc(-c4ccccc4)n3CC2)c1. The van der Waals surface area contributed by atoms with Crippen molar-refractivity contribution in [3.63, 3.8) is 0 Å². The Labute approximate surface area is 180 Å². The number of aryl methyl sites for hydroxylation is 1. The van der Waals surface area contributed by atoms with Crippen LogP contribution in [0.25, 0.3) is 11.4 Å². The first-order chi connectivity index (χ1) is 15.1. The highest BCUT2D eigenvalue weighted by molar-refractivity contribution is 5.97. The lowest BCUT2D eigenvalue weighted by atomic mass is 10.1. The van der Waals surface area contributed by atoms with Gasteiger partial charge in [0.25, 0.3) is 5.91 Å². The van der Waals surface area contributed by atoms with E-state index in [1.807, 2.05) is 30.3 Å². The number of fused-ring (bicyclic) bond motifs is 1.